The minimum Gasteiger partial charge on any atom is -0.497 e. The van der Waals surface area contributed by atoms with Gasteiger partial charge in [-0.05, 0) is 67.3 Å². The summed E-state index contributed by atoms with van der Waals surface area (Å²) in [5.74, 6) is 0.458. The lowest BCUT2D eigenvalue weighted by Crippen LogP contribution is -2.29. The van der Waals surface area contributed by atoms with Crippen molar-refractivity contribution in [2.24, 2.45) is 5.10 Å². The lowest BCUT2D eigenvalue weighted by atomic mass is 10.1. The monoisotopic (exact) mass is 352 g/mol. The summed E-state index contributed by atoms with van der Waals surface area (Å²) in [6, 6.07) is 13.0. The van der Waals surface area contributed by atoms with Crippen LogP contribution >= 0.6 is 0 Å². The van der Waals surface area contributed by atoms with Crippen LogP contribution in [0.4, 0.5) is 11.4 Å². The van der Waals surface area contributed by atoms with Crippen molar-refractivity contribution >= 4 is 23.5 Å². The predicted molar refractivity (Wildman–Crippen MR) is 105 cm³/mol. The molecule has 1 aliphatic heterocycles. The summed E-state index contributed by atoms with van der Waals surface area (Å²) in [5.41, 5.74) is 11.3. The maximum Gasteiger partial charge on any atom is 0.273 e. The number of nitrogens with two attached hydrogens (primary N) is 1. The molecule has 1 fully saturated rings. The number of hydrogen-bond acceptors (Lipinski definition) is 5. The van der Waals surface area contributed by atoms with Crippen LogP contribution in [0.25, 0.3) is 0 Å². The van der Waals surface area contributed by atoms with Crippen LogP contribution in [0.15, 0.2) is 47.6 Å². The number of carbonyl (C=O) groups excluding carboxylic acids is 1. The fourth-order valence-corrected chi connectivity index (χ4v) is 3.01. The van der Waals surface area contributed by atoms with Gasteiger partial charge in [0, 0.05) is 24.5 Å². The summed E-state index contributed by atoms with van der Waals surface area (Å²) in [6.07, 6.45) is 5.21. The van der Waals surface area contributed by atoms with E-state index in [0.29, 0.717) is 11.3 Å². The molecule has 0 unspecified atom stereocenters. The number of nitrogens with one attached hydrogen (secondary N) is 1. The van der Waals surface area contributed by atoms with Gasteiger partial charge < -0.3 is 15.4 Å². The molecule has 0 aromatic heterocycles. The van der Waals surface area contributed by atoms with E-state index in [1.54, 1.807) is 19.4 Å². The van der Waals surface area contributed by atoms with Gasteiger partial charge in [-0.25, -0.2) is 5.43 Å². The average Bonchev–Trinajstić information content (AvgIpc) is 2.69. The second kappa shape index (κ2) is 8.38. The van der Waals surface area contributed by atoms with Crippen molar-refractivity contribution in [2.75, 3.05) is 30.8 Å². The second-order valence-electron chi connectivity index (χ2n) is 6.29. The van der Waals surface area contributed by atoms with Crippen LogP contribution < -0.4 is 20.8 Å². The molecule has 6 nitrogen and oxygen atoms in total. The van der Waals surface area contributed by atoms with Gasteiger partial charge in [0.15, 0.2) is 0 Å². The Morgan fingerprint density at radius 1 is 1.15 bits per heavy atom. The molecule has 2 aromatic rings. The van der Waals surface area contributed by atoms with Crippen molar-refractivity contribution in [1.82, 2.24) is 5.43 Å². The van der Waals surface area contributed by atoms with Crippen LogP contribution in [0.2, 0.25) is 0 Å². The number of methoxy groups -OCH3 is 1. The van der Waals surface area contributed by atoms with Gasteiger partial charge in [-0.2, -0.15) is 5.10 Å². The third-order valence-corrected chi connectivity index (χ3v) is 4.50. The van der Waals surface area contributed by atoms with Crippen LogP contribution in [0, 0.1) is 0 Å². The van der Waals surface area contributed by atoms with E-state index in [4.69, 9.17) is 10.5 Å². The van der Waals surface area contributed by atoms with Gasteiger partial charge in [-0.15, -0.1) is 0 Å². The van der Waals surface area contributed by atoms with E-state index in [1.165, 1.54) is 19.3 Å². The maximum absolute atomic E-state index is 12.4. The van der Waals surface area contributed by atoms with Crippen molar-refractivity contribution in [2.45, 2.75) is 19.3 Å². The molecule has 1 amide bonds. The molecule has 3 rings (SSSR count). The molecule has 0 aliphatic carbocycles. The summed E-state index contributed by atoms with van der Waals surface area (Å²) in [4.78, 5) is 14.7. The number of anilines is 2. The maximum atomic E-state index is 12.4. The molecule has 0 bridgehead atoms. The molecule has 3 N–H and O–H groups in total. The topological polar surface area (TPSA) is 80.0 Å². The average molecular weight is 352 g/mol. The molecule has 0 saturated carbocycles. The zero-order valence-corrected chi connectivity index (χ0v) is 14.9. The van der Waals surface area contributed by atoms with E-state index in [2.05, 4.69) is 15.4 Å². The van der Waals surface area contributed by atoms with Gasteiger partial charge >= 0.3 is 0 Å². The van der Waals surface area contributed by atoms with Gasteiger partial charge in [0.1, 0.15) is 5.75 Å². The first-order valence-electron chi connectivity index (χ1n) is 8.79. The quantitative estimate of drug-likeness (QED) is 0.492. The molecular weight excluding hydrogens is 328 g/mol. The van der Waals surface area contributed by atoms with Crippen molar-refractivity contribution in [3.63, 3.8) is 0 Å². The van der Waals surface area contributed by atoms with E-state index < -0.39 is 0 Å². The van der Waals surface area contributed by atoms with Crippen LogP contribution in [0.5, 0.6) is 5.75 Å². The lowest BCUT2D eigenvalue weighted by molar-refractivity contribution is 0.0956. The zero-order chi connectivity index (χ0) is 18.4. The number of carbonyl (C=O) groups is 1. The number of ether oxygens (including phenoxy) is 1. The minimum absolute atomic E-state index is 0.314. The fourth-order valence-electron chi connectivity index (χ4n) is 3.01. The Morgan fingerprint density at radius 3 is 2.58 bits per heavy atom. The van der Waals surface area contributed by atoms with Crippen molar-refractivity contribution in [1.29, 1.82) is 0 Å². The SMILES string of the molecule is COc1ccc(/C=N/NC(=O)c2cc(N3CCCCC3)ccc2N)cc1. The van der Waals surface area contributed by atoms with Crippen molar-refractivity contribution < 1.29 is 9.53 Å². The van der Waals surface area contributed by atoms with E-state index in [9.17, 15) is 4.79 Å². The Labute approximate surface area is 153 Å². The first kappa shape index (κ1) is 17.8. The Morgan fingerprint density at radius 2 is 1.88 bits per heavy atom. The fraction of sp³-hybridized carbons (Fsp3) is 0.300. The molecule has 1 heterocycles. The summed E-state index contributed by atoms with van der Waals surface area (Å²) in [7, 11) is 1.62. The van der Waals surface area contributed by atoms with Gasteiger partial charge in [0.2, 0.25) is 0 Å². The normalized spacial score (nSPS) is 14.4. The van der Waals surface area contributed by atoms with Crippen molar-refractivity contribution in [3.8, 4) is 5.75 Å². The van der Waals surface area contributed by atoms with Gasteiger partial charge in [-0.3, -0.25) is 4.79 Å². The third-order valence-electron chi connectivity index (χ3n) is 4.50. The van der Waals surface area contributed by atoms with E-state index in [1.807, 2.05) is 36.4 Å². The van der Waals surface area contributed by atoms with Crippen LogP contribution in [-0.2, 0) is 0 Å². The lowest BCUT2D eigenvalue weighted by Gasteiger charge is -2.29. The number of nitrogens with zero attached hydrogens (tertiary/aromatic N) is 2. The number of amides is 1. The molecule has 26 heavy (non-hydrogen) atoms. The number of nitrogen functional groups attached to an aromatic ring is 1. The smallest absolute Gasteiger partial charge is 0.273 e. The van der Waals surface area contributed by atoms with Gasteiger partial charge in [0.05, 0.1) is 18.9 Å². The standard InChI is InChI=1S/C20H24N4O2/c1-26-17-8-5-15(6-9-17)14-22-23-20(25)18-13-16(7-10-19(18)21)24-11-3-2-4-12-24/h5-10,13-14H,2-4,11-12,21H2,1H3,(H,23,25)/b22-14+. The summed E-state index contributed by atoms with van der Waals surface area (Å²) >= 11 is 0. The molecule has 136 valence electrons. The highest BCUT2D eigenvalue weighted by Crippen LogP contribution is 2.24. The molecule has 0 spiro atoms. The largest absolute Gasteiger partial charge is 0.497 e. The van der Waals surface area contributed by atoms with E-state index in [0.717, 1.165) is 30.1 Å². The predicted octanol–water partition coefficient (Wildman–Crippen LogP) is 3.03. The van der Waals surface area contributed by atoms with Crippen molar-refractivity contribution in [3.05, 3.63) is 53.6 Å². The Bertz CT molecular complexity index is 781. The molecule has 1 aliphatic rings. The summed E-state index contributed by atoms with van der Waals surface area (Å²) in [5, 5.41) is 4.02. The first-order chi connectivity index (χ1) is 12.7. The minimum atomic E-state index is -0.314. The second-order valence-corrected chi connectivity index (χ2v) is 6.29. The molecule has 2 aromatic carbocycles. The van der Waals surface area contributed by atoms with E-state index >= 15 is 0 Å². The van der Waals surface area contributed by atoms with E-state index in [-0.39, 0.29) is 5.91 Å². The zero-order valence-electron chi connectivity index (χ0n) is 14.9. The Balaban J connectivity index is 1.67. The number of piperidine rings is 1. The molecule has 0 radical (unpaired) electrons. The highest BCUT2D eigenvalue weighted by Gasteiger charge is 2.15. The highest BCUT2D eigenvalue weighted by molar-refractivity contribution is 6.00. The van der Waals surface area contributed by atoms with Gasteiger partial charge in [-0.1, -0.05) is 0 Å². The van der Waals surface area contributed by atoms with Crippen LogP contribution in [-0.4, -0.2) is 32.3 Å². The molecular formula is C20H24N4O2. The van der Waals surface area contributed by atoms with Crippen LogP contribution in [0.1, 0.15) is 35.2 Å². The molecule has 1 saturated heterocycles. The summed E-state index contributed by atoms with van der Waals surface area (Å²) < 4.78 is 5.11. The Hall–Kier alpha value is -3.02. The van der Waals surface area contributed by atoms with Crippen LogP contribution in [0.3, 0.4) is 0 Å². The van der Waals surface area contributed by atoms with Gasteiger partial charge in [0.25, 0.3) is 5.91 Å². The molecule has 0 atom stereocenters. The number of rotatable bonds is 5. The number of hydrogen-bond donors (Lipinski definition) is 2. The third kappa shape index (κ3) is 4.33. The highest BCUT2D eigenvalue weighted by atomic mass is 16.5. The number of hydrazone groups is 1. The number of benzene rings is 2. The summed E-state index contributed by atoms with van der Waals surface area (Å²) in [6.45, 7) is 2.03. The Kier molecular flexibility index (Phi) is 5.73. The molecule has 6 heteroatoms. The first-order valence-corrected chi connectivity index (χ1v) is 8.79.